The summed E-state index contributed by atoms with van der Waals surface area (Å²) in [7, 11) is 0. The maximum atomic E-state index is 3.57. The normalized spacial score (nSPS) is 21.6. The van der Waals surface area contributed by atoms with Gasteiger partial charge in [0.05, 0.1) is 0 Å². The molecule has 1 aromatic carbocycles. The fourth-order valence-corrected chi connectivity index (χ4v) is 3.37. The summed E-state index contributed by atoms with van der Waals surface area (Å²) in [5.74, 6) is 0.809. The smallest absolute Gasteiger partial charge is 0.0320 e. The van der Waals surface area contributed by atoms with E-state index in [1.165, 1.54) is 42.5 Å². The standard InChI is InChI=1S/C16H25BrN2/c1-3-19(12-14-6-5-9-18-11-14)13(2)15-7-4-8-16(17)10-15/h4,7-8,10,13-14,18H,3,5-6,9,11-12H2,1-2H3. The minimum atomic E-state index is 0.490. The van der Waals surface area contributed by atoms with Gasteiger partial charge in [-0.15, -0.1) is 0 Å². The topological polar surface area (TPSA) is 15.3 Å². The zero-order chi connectivity index (χ0) is 13.7. The first-order chi connectivity index (χ1) is 9.20. The summed E-state index contributed by atoms with van der Waals surface area (Å²) >= 11 is 3.57. The quantitative estimate of drug-likeness (QED) is 0.885. The molecule has 0 bridgehead atoms. The Labute approximate surface area is 125 Å². The van der Waals surface area contributed by atoms with E-state index in [1.54, 1.807) is 0 Å². The van der Waals surface area contributed by atoms with Crippen LogP contribution in [0.3, 0.4) is 0 Å². The van der Waals surface area contributed by atoms with Crippen molar-refractivity contribution in [2.45, 2.75) is 32.7 Å². The maximum Gasteiger partial charge on any atom is 0.0320 e. The summed E-state index contributed by atoms with van der Waals surface area (Å²) in [4.78, 5) is 2.60. The molecule has 0 saturated carbocycles. The molecule has 3 heteroatoms. The fourth-order valence-electron chi connectivity index (χ4n) is 2.95. The maximum absolute atomic E-state index is 3.57. The van der Waals surface area contributed by atoms with Gasteiger partial charge in [0.25, 0.3) is 0 Å². The fraction of sp³-hybridized carbons (Fsp3) is 0.625. The van der Waals surface area contributed by atoms with Crippen LogP contribution in [0.1, 0.15) is 38.3 Å². The van der Waals surface area contributed by atoms with Crippen LogP contribution in [-0.2, 0) is 0 Å². The molecule has 2 unspecified atom stereocenters. The van der Waals surface area contributed by atoms with E-state index < -0.39 is 0 Å². The Morgan fingerprint density at radius 3 is 2.95 bits per heavy atom. The zero-order valence-corrected chi connectivity index (χ0v) is 13.6. The summed E-state index contributed by atoms with van der Waals surface area (Å²) < 4.78 is 1.17. The summed E-state index contributed by atoms with van der Waals surface area (Å²) in [5.41, 5.74) is 1.40. The summed E-state index contributed by atoms with van der Waals surface area (Å²) in [6, 6.07) is 9.19. The molecule has 0 aliphatic carbocycles. The van der Waals surface area contributed by atoms with Crippen molar-refractivity contribution in [2.75, 3.05) is 26.2 Å². The van der Waals surface area contributed by atoms with E-state index in [1.807, 2.05) is 0 Å². The van der Waals surface area contributed by atoms with Crippen molar-refractivity contribution in [3.05, 3.63) is 34.3 Å². The lowest BCUT2D eigenvalue weighted by Gasteiger charge is -2.33. The largest absolute Gasteiger partial charge is 0.316 e. The van der Waals surface area contributed by atoms with Crippen molar-refractivity contribution < 1.29 is 0 Å². The van der Waals surface area contributed by atoms with Gasteiger partial charge in [0, 0.05) is 17.1 Å². The van der Waals surface area contributed by atoms with E-state index >= 15 is 0 Å². The number of benzene rings is 1. The lowest BCUT2D eigenvalue weighted by molar-refractivity contribution is 0.171. The number of nitrogens with one attached hydrogen (secondary N) is 1. The van der Waals surface area contributed by atoms with Gasteiger partial charge in [-0.05, 0) is 63.0 Å². The van der Waals surface area contributed by atoms with Gasteiger partial charge in [0.15, 0.2) is 0 Å². The Morgan fingerprint density at radius 1 is 1.47 bits per heavy atom. The Balaban J connectivity index is 1.99. The lowest BCUT2D eigenvalue weighted by atomic mass is 9.97. The monoisotopic (exact) mass is 324 g/mol. The predicted molar refractivity (Wildman–Crippen MR) is 85.4 cm³/mol. The molecule has 106 valence electrons. The zero-order valence-electron chi connectivity index (χ0n) is 12.0. The van der Waals surface area contributed by atoms with Gasteiger partial charge in [-0.1, -0.05) is 35.0 Å². The molecular formula is C16H25BrN2. The highest BCUT2D eigenvalue weighted by Gasteiger charge is 2.20. The van der Waals surface area contributed by atoms with Gasteiger partial charge in [-0.3, -0.25) is 4.90 Å². The molecular weight excluding hydrogens is 300 g/mol. The minimum absolute atomic E-state index is 0.490. The molecule has 0 aromatic heterocycles. The lowest BCUT2D eigenvalue weighted by Crippen LogP contribution is -2.39. The number of hydrogen-bond acceptors (Lipinski definition) is 2. The van der Waals surface area contributed by atoms with Crippen molar-refractivity contribution in [1.29, 1.82) is 0 Å². The molecule has 0 radical (unpaired) electrons. The van der Waals surface area contributed by atoms with Gasteiger partial charge in [-0.25, -0.2) is 0 Å². The van der Waals surface area contributed by atoms with E-state index in [4.69, 9.17) is 0 Å². The second-order valence-corrected chi connectivity index (χ2v) is 6.45. The van der Waals surface area contributed by atoms with Crippen LogP contribution in [0.4, 0.5) is 0 Å². The van der Waals surface area contributed by atoms with Gasteiger partial charge >= 0.3 is 0 Å². The van der Waals surface area contributed by atoms with Crippen LogP contribution in [-0.4, -0.2) is 31.1 Å². The van der Waals surface area contributed by atoms with E-state index in [-0.39, 0.29) is 0 Å². The van der Waals surface area contributed by atoms with Gasteiger partial charge in [-0.2, -0.15) is 0 Å². The van der Waals surface area contributed by atoms with Crippen LogP contribution in [0.5, 0.6) is 0 Å². The Morgan fingerprint density at radius 2 is 2.32 bits per heavy atom. The first kappa shape index (κ1) is 15.0. The SMILES string of the molecule is CCN(CC1CCCNC1)C(C)c1cccc(Br)c1. The summed E-state index contributed by atoms with van der Waals surface area (Å²) in [6.07, 6.45) is 2.70. The van der Waals surface area contributed by atoms with Gasteiger partial charge < -0.3 is 5.32 Å². The summed E-state index contributed by atoms with van der Waals surface area (Å²) in [6.45, 7) is 9.29. The third kappa shape index (κ3) is 4.30. The first-order valence-corrected chi connectivity index (χ1v) is 8.20. The third-order valence-electron chi connectivity index (χ3n) is 4.18. The molecule has 0 spiro atoms. The van der Waals surface area contributed by atoms with E-state index in [0.29, 0.717) is 6.04 Å². The van der Waals surface area contributed by atoms with Crippen LogP contribution in [0.15, 0.2) is 28.7 Å². The third-order valence-corrected chi connectivity index (χ3v) is 4.67. The number of hydrogen-bond donors (Lipinski definition) is 1. The van der Waals surface area contributed by atoms with E-state index in [0.717, 1.165) is 12.5 Å². The average molecular weight is 325 g/mol. The summed E-state index contributed by atoms with van der Waals surface area (Å²) in [5, 5.41) is 3.52. The number of halogens is 1. The molecule has 1 aliphatic heterocycles. The molecule has 0 amide bonds. The molecule has 1 aliphatic rings. The highest BCUT2D eigenvalue weighted by molar-refractivity contribution is 9.10. The highest BCUT2D eigenvalue weighted by Crippen LogP contribution is 2.25. The molecule has 1 saturated heterocycles. The van der Waals surface area contributed by atoms with Crippen LogP contribution in [0, 0.1) is 5.92 Å². The van der Waals surface area contributed by atoms with Crippen LogP contribution < -0.4 is 5.32 Å². The molecule has 2 rings (SSSR count). The molecule has 1 aromatic rings. The van der Waals surface area contributed by atoms with Crippen LogP contribution >= 0.6 is 15.9 Å². The Bertz CT molecular complexity index is 388. The van der Waals surface area contributed by atoms with Crippen molar-refractivity contribution in [3.63, 3.8) is 0 Å². The van der Waals surface area contributed by atoms with Crippen LogP contribution in [0.25, 0.3) is 0 Å². The van der Waals surface area contributed by atoms with Gasteiger partial charge in [0.1, 0.15) is 0 Å². The van der Waals surface area contributed by atoms with Crippen LogP contribution in [0.2, 0.25) is 0 Å². The van der Waals surface area contributed by atoms with Gasteiger partial charge in [0.2, 0.25) is 0 Å². The molecule has 19 heavy (non-hydrogen) atoms. The van der Waals surface area contributed by atoms with Crippen molar-refractivity contribution >= 4 is 15.9 Å². The van der Waals surface area contributed by atoms with Crippen molar-refractivity contribution in [3.8, 4) is 0 Å². The number of rotatable bonds is 5. The second-order valence-electron chi connectivity index (χ2n) is 5.53. The molecule has 1 fully saturated rings. The average Bonchev–Trinajstić information content (AvgIpc) is 2.45. The molecule has 1 heterocycles. The molecule has 2 atom stereocenters. The highest BCUT2D eigenvalue weighted by atomic mass is 79.9. The Kier molecular flexibility index (Phi) is 5.86. The Hall–Kier alpha value is -0.380. The second kappa shape index (κ2) is 7.41. The molecule has 2 nitrogen and oxygen atoms in total. The predicted octanol–water partition coefficient (Wildman–Crippen LogP) is 3.83. The number of nitrogens with zero attached hydrogens (tertiary/aromatic N) is 1. The van der Waals surface area contributed by atoms with Crippen molar-refractivity contribution in [2.24, 2.45) is 5.92 Å². The minimum Gasteiger partial charge on any atom is -0.316 e. The van der Waals surface area contributed by atoms with E-state index in [2.05, 4.69) is 64.3 Å². The molecule has 1 N–H and O–H groups in total. The van der Waals surface area contributed by atoms with E-state index in [9.17, 15) is 0 Å². The number of piperidine rings is 1. The first-order valence-electron chi connectivity index (χ1n) is 7.41. The van der Waals surface area contributed by atoms with Crippen molar-refractivity contribution in [1.82, 2.24) is 10.2 Å².